The molecule has 2 aromatic carbocycles. The molecule has 0 heterocycles. The number of hydrogen-bond donors (Lipinski definition) is 0. The minimum Gasteiger partial charge on any atom is -0.489 e. The molecule has 2 aromatic rings. The van der Waals surface area contributed by atoms with E-state index in [9.17, 15) is 18.9 Å². The van der Waals surface area contributed by atoms with E-state index in [0.717, 1.165) is 12.1 Å². The highest BCUT2D eigenvalue weighted by atomic mass is 35.5. The van der Waals surface area contributed by atoms with Crippen molar-refractivity contribution >= 4 is 17.3 Å². The zero-order valence-corrected chi connectivity index (χ0v) is 10.7. The van der Waals surface area contributed by atoms with Gasteiger partial charge in [0.25, 0.3) is 5.69 Å². The number of nitrogens with zero attached hydrogens (tertiary/aromatic N) is 1. The van der Waals surface area contributed by atoms with Crippen LogP contribution in [0.1, 0.15) is 5.56 Å². The van der Waals surface area contributed by atoms with Crippen LogP contribution in [0.3, 0.4) is 0 Å². The van der Waals surface area contributed by atoms with Crippen molar-refractivity contribution in [2.24, 2.45) is 0 Å². The Hall–Kier alpha value is -2.21. The zero-order valence-electron chi connectivity index (χ0n) is 9.98. The van der Waals surface area contributed by atoms with Crippen LogP contribution in [0.4, 0.5) is 14.5 Å². The molecule has 104 valence electrons. The molecule has 20 heavy (non-hydrogen) atoms. The first-order chi connectivity index (χ1) is 9.45. The maximum absolute atomic E-state index is 13.0. The fourth-order valence-corrected chi connectivity index (χ4v) is 1.73. The standard InChI is InChI=1S/C13H8ClF2NO3/c14-13-2-1-11(17(18)19)3-8(13)7-20-12-5-9(15)4-10(16)6-12/h1-6H,7H2. The van der Waals surface area contributed by atoms with Crippen molar-refractivity contribution in [3.8, 4) is 5.75 Å². The topological polar surface area (TPSA) is 52.4 Å². The van der Waals surface area contributed by atoms with Crippen molar-refractivity contribution in [1.29, 1.82) is 0 Å². The quantitative estimate of drug-likeness (QED) is 0.630. The van der Waals surface area contributed by atoms with Gasteiger partial charge in [-0.15, -0.1) is 0 Å². The van der Waals surface area contributed by atoms with Gasteiger partial charge in [0.2, 0.25) is 0 Å². The van der Waals surface area contributed by atoms with Crippen LogP contribution < -0.4 is 4.74 Å². The molecule has 0 aliphatic heterocycles. The first-order valence-electron chi connectivity index (χ1n) is 5.47. The summed E-state index contributed by atoms with van der Waals surface area (Å²) in [5, 5.41) is 10.9. The largest absolute Gasteiger partial charge is 0.489 e. The number of rotatable bonds is 4. The third-order valence-electron chi connectivity index (χ3n) is 2.47. The number of non-ortho nitro benzene ring substituents is 1. The summed E-state index contributed by atoms with van der Waals surface area (Å²) in [7, 11) is 0. The third-order valence-corrected chi connectivity index (χ3v) is 2.84. The molecular weight excluding hydrogens is 292 g/mol. The predicted molar refractivity (Wildman–Crippen MR) is 68.8 cm³/mol. The van der Waals surface area contributed by atoms with Gasteiger partial charge >= 0.3 is 0 Å². The Morgan fingerprint density at radius 2 is 1.80 bits per heavy atom. The molecule has 7 heteroatoms. The molecule has 0 aliphatic carbocycles. The molecular formula is C13H8ClF2NO3. The average Bonchev–Trinajstić information content (AvgIpc) is 2.36. The molecule has 0 amide bonds. The number of nitro benzene ring substituents is 1. The van der Waals surface area contributed by atoms with Crippen LogP contribution in [0.2, 0.25) is 5.02 Å². The summed E-state index contributed by atoms with van der Waals surface area (Å²) in [5.74, 6) is -1.57. The Kier molecular flexibility index (Phi) is 4.14. The van der Waals surface area contributed by atoms with Crippen molar-refractivity contribution < 1.29 is 18.4 Å². The minimum absolute atomic E-state index is 0.0231. The van der Waals surface area contributed by atoms with E-state index < -0.39 is 16.6 Å². The summed E-state index contributed by atoms with van der Waals surface area (Å²) in [6, 6.07) is 6.60. The normalized spacial score (nSPS) is 10.3. The predicted octanol–water partition coefficient (Wildman–Crippen LogP) is 4.11. The molecule has 0 spiro atoms. The summed E-state index contributed by atoms with van der Waals surface area (Å²) in [4.78, 5) is 10.1. The second-order valence-electron chi connectivity index (χ2n) is 3.93. The fraction of sp³-hybridized carbons (Fsp3) is 0.0769. The van der Waals surface area contributed by atoms with Gasteiger partial charge in [-0.05, 0) is 6.07 Å². The van der Waals surface area contributed by atoms with Gasteiger partial charge in [-0.2, -0.15) is 0 Å². The van der Waals surface area contributed by atoms with Gasteiger partial charge in [0.1, 0.15) is 24.0 Å². The third kappa shape index (κ3) is 3.42. The SMILES string of the molecule is O=[N+]([O-])c1ccc(Cl)c(COc2cc(F)cc(F)c2)c1. The van der Waals surface area contributed by atoms with Crippen LogP contribution in [0, 0.1) is 21.7 Å². The second kappa shape index (κ2) is 5.83. The van der Waals surface area contributed by atoms with Gasteiger partial charge in [0.15, 0.2) is 0 Å². The lowest BCUT2D eigenvalue weighted by Crippen LogP contribution is -1.99. The fourth-order valence-electron chi connectivity index (χ4n) is 1.56. The Bertz CT molecular complexity index is 644. The van der Waals surface area contributed by atoms with Crippen LogP contribution in [0.25, 0.3) is 0 Å². The highest BCUT2D eigenvalue weighted by molar-refractivity contribution is 6.31. The van der Waals surface area contributed by atoms with E-state index in [2.05, 4.69) is 0 Å². The molecule has 0 saturated heterocycles. The highest BCUT2D eigenvalue weighted by Crippen LogP contribution is 2.24. The van der Waals surface area contributed by atoms with Crippen molar-refractivity contribution in [2.45, 2.75) is 6.61 Å². The van der Waals surface area contributed by atoms with E-state index >= 15 is 0 Å². The van der Waals surface area contributed by atoms with E-state index in [1.807, 2.05) is 0 Å². The zero-order chi connectivity index (χ0) is 14.7. The van der Waals surface area contributed by atoms with Crippen LogP contribution in [-0.4, -0.2) is 4.92 Å². The lowest BCUT2D eigenvalue weighted by Gasteiger charge is -2.08. The summed E-state index contributed by atoms with van der Waals surface area (Å²) < 4.78 is 31.1. The number of ether oxygens (including phenoxy) is 1. The smallest absolute Gasteiger partial charge is 0.269 e. The molecule has 0 atom stereocenters. The number of halogens is 3. The summed E-state index contributed by atoms with van der Waals surface area (Å²) in [6.07, 6.45) is 0. The van der Waals surface area contributed by atoms with Gasteiger partial charge < -0.3 is 4.74 Å². The van der Waals surface area contributed by atoms with Crippen LogP contribution in [0.5, 0.6) is 5.75 Å². The van der Waals surface area contributed by atoms with Gasteiger partial charge in [-0.1, -0.05) is 11.6 Å². The molecule has 4 nitrogen and oxygen atoms in total. The van der Waals surface area contributed by atoms with Gasteiger partial charge in [-0.3, -0.25) is 10.1 Å². The first-order valence-corrected chi connectivity index (χ1v) is 5.85. The van der Waals surface area contributed by atoms with E-state index in [1.54, 1.807) is 0 Å². The van der Waals surface area contributed by atoms with Crippen LogP contribution in [-0.2, 0) is 6.61 Å². The van der Waals surface area contributed by atoms with E-state index in [0.29, 0.717) is 11.6 Å². The van der Waals surface area contributed by atoms with E-state index in [-0.39, 0.29) is 23.1 Å². The van der Waals surface area contributed by atoms with Crippen molar-refractivity contribution in [1.82, 2.24) is 0 Å². The maximum atomic E-state index is 13.0. The Morgan fingerprint density at radius 3 is 2.40 bits per heavy atom. The molecule has 0 saturated carbocycles. The minimum atomic E-state index is -0.773. The van der Waals surface area contributed by atoms with Crippen molar-refractivity contribution in [3.63, 3.8) is 0 Å². The molecule has 0 aliphatic rings. The maximum Gasteiger partial charge on any atom is 0.269 e. The molecule has 0 N–H and O–H groups in total. The van der Waals surface area contributed by atoms with Crippen LogP contribution >= 0.6 is 11.6 Å². The summed E-state index contributed by atoms with van der Waals surface area (Å²) >= 11 is 5.88. The Labute approximate surface area is 117 Å². The Balaban J connectivity index is 2.18. The van der Waals surface area contributed by atoms with Crippen molar-refractivity contribution in [2.75, 3.05) is 0 Å². The number of benzene rings is 2. The molecule has 2 rings (SSSR count). The van der Waals surface area contributed by atoms with Gasteiger partial charge in [0.05, 0.1) is 4.92 Å². The molecule has 0 radical (unpaired) electrons. The Morgan fingerprint density at radius 1 is 1.15 bits per heavy atom. The summed E-state index contributed by atoms with van der Waals surface area (Å²) in [6.45, 7) is -0.136. The van der Waals surface area contributed by atoms with E-state index in [1.165, 1.54) is 18.2 Å². The molecule has 0 fully saturated rings. The number of hydrogen-bond acceptors (Lipinski definition) is 3. The van der Waals surface area contributed by atoms with E-state index in [4.69, 9.17) is 16.3 Å². The van der Waals surface area contributed by atoms with Gasteiger partial charge in [0, 0.05) is 40.9 Å². The summed E-state index contributed by atoms with van der Waals surface area (Å²) in [5.41, 5.74) is 0.212. The number of nitro groups is 1. The lowest BCUT2D eigenvalue weighted by molar-refractivity contribution is -0.384. The second-order valence-corrected chi connectivity index (χ2v) is 4.33. The lowest BCUT2D eigenvalue weighted by atomic mass is 10.2. The monoisotopic (exact) mass is 299 g/mol. The van der Waals surface area contributed by atoms with Crippen molar-refractivity contribution in [3.05, 3.63) is 68.7 Å². The molecule has 0 bridgehead atoms. The first kappa shape index (κ1) is 14.2. The molecule has 0 unspecified atom stereocenters. The van der Waals surface area contributed by atoms with Gasteiger partial charge in [-0.25, -0.2) is 8.78 Å². The highest BCUT2D eigenvalue weighted by Gasteiger charge is 2.10. The average molecular weight is 300 g/mol. The molecule has 0 aromatic heterocycles. The van der Waals surface area contributed by atoms with Crippen LogP contribution in [0.15, 0.2) is 36.4 Å².